The van der Waals surface area contributed by atoms with Crippen molar-refractivity contribution >= 4 is 17.0 Å². The summed E-state index contributed by atoms with van der Waals surface area (Å²) in [6.45, 7) is 2.07. The molecule has 2 saturated heterocycles. The van der Waals surface area contributed by atoms with Crippen LogP contribution in [0, 0.1) is 0 Å². The molecule has 0 N–H and O–H groups in total. The second kappa shape index (κ2) is 4.59. The number of carbonyl (C=O) groups excluding carboxylic acids is 1. The number of ether oxygens (including phenoxy) is 1. The Kier molecular flexibility index (Phi) is 2.73. The van der Waals surface area contributed by atoms with Crippen molar-refractivity contribution in [3.05, 3.63) is 30.2 Å². The Bertz CT molecular complexity index is 614. The molecule has 1 amide bonds. The molecule has 0 saturated carbocycles. The van der Waals surface area contributed by atoms with E-state index < -0.39 is 0 Å². The van der Waals surface area contributed by atoms with Crippen LogP contribution in [0.25, 0.3) is 11.1 Å². The standard InChI is InChI=1S/C15H16N2O3/c18-15(13-9-19-13)17-7-3-4-10(8-17)14-16-11-5-1-2-6-12(11)20-14/h1-2,5-6,10,13H,3-4,7-9H2. The Morgan fingerprint density at radius 1 is 1.35 bits per heavy atom. The van der Waals surface area contributed by atoms with Crippen molar-refractivity contribution < 1.29 is 13.9 Å². The molecule has 5 heteroatoms. The third-order valence-electron chi connectivity index (χ3n) is 4.00. The molecule has 2 atom stereocenters. The summed E-state index contributed by atoms with van der Waals surface area (Å²) in [4.78, 5) is 18.5. The summed E-state index contributed by atoms with van der Waals surface area (Å²) < 4.78 is 10.9. The van der Waals surface area contributed by atoms with Crippen molar-refractivity contribution in [2.24, 2.45) is 0 Å². The highest BCUT2D eigenvalue weighted by molar-refractivity contribution is 5.83. The lowest BCUT2D eigenvalue weighted by molar-refractivity contribution is -0.133. The number of fused-ring (bicyclic) bond motifs is 1. The molecule has 2 fully saturated rings. The smallest absolute Gasteiger partial charge is 0.254 e. The maximum absolute atomic E-state index is 12.1. The fourth-order valence-electron chi connectivity index (χ4n) is 2.84. The zero-order valence-corrected chi connectivity index (χ0v) is 11.1. The number of carbonyl (C=O) groups is 1. The van der Waals surface area contributed by atoms with Crippen LogP contribution in [0.15, 0.2) is 28.7 Å². The van der Waals surface area contributed by atoms with Gasteiger partial charge in [-0.3, -0.25) is 4.79 Å². The molecule has 104 valence electrons. The number of nitrogens with zero attached hydrogens (tertiary/aromatic N) is 2. The number of amides is 1. The molecule has 2 unspecified atom stereocenters. The van der Waals surface area contributed by atoms with Crippen LogP contribution in [0.4, 0.5) is 0 Å². The summed E-state index contributed by atoms with van der Waals surface area (Å²) in [6, 6.07) is 7.77. The quantitative estimate of drug-likeness (QED) is 0.784. The van der Waals surface area contributed by atoms with E-state index in [-0.39, 0.29) is 17.9 Å². The van der Waals surface area contributed by atoms with Crippen molar-refractivity contribution in [2.45, 2.75) is 24.9 Å². The van der Waals surface area contributed by atoms with Crippen molar-refractivity contribution in [3.8, 4) is 0 Å². The lowest BCUT2D eigenvalue weighted by Crippen LogP contribution is -2.41. The second-order valence-corrected chi connectivity index (χ2v) is 5.47. The minimum absolute atomic E-state index is 0.116. The minimum atomic E-state index is -0.197. The molecule has 3 heterocycles. The Hall–Kier alpha value is -1.88. The van der Waals surface area contributed by atoms with Crippen LogP contribution >= 0.6 is 0 Å². The summed E-state index contributed by atoms with van der Waals surface area (Å²) in [5.41, 5.74) is 1.70. The SMILES string of the molecule is O=C(C1CO1)N1CCCC(c2nc3ccccc3o2)C1. The number of piperidine rings is 1. The highest BCUT2D eigenvalue weighted by Gasteiger charge is 2.37. The molecular formula is C15H16N2O3. The Morgan fingerprint density at radius 3 is 3.00 bits per heavy atom. The number of para-hydroxylation sites is 2. The number of hydrogen-bond donors (Lipinski definition) is 0. The highest BCUT2D eigenvalue weighted by Crippen LogP contribution is 2.30. The zero-order valence-electron chi connectivity index (χ0n) is 11.1. The van der Waals surface area contributed by atoms with Crippen LogP contribution in [-0.4, -0.2) is 41.6 Å². The van der Waals surface area contributed by atoms with Crippen LogP contribution in [0.3, 0.4) is 0 Å². The number of benzene rings is 1. The summed E-state index contributed by atoms with van der Waals surface area (Å²) in [5, 5.41) is 0. The lowest BCUT2D eigenvalue weighted by atomic mass is 9.98. The van der Waals surface area contributed by atoms with Crippen molar-refractivity contribution in [1.82, 2.24) is 9.88 Å². The van der Waals surface area contributed by atoms with Gasteiger partial charge in [0.15, 0.2) is 17.6 Å². The summed E-state index contributed by atoms with van der Waals surface area (Å²) in [7, 11) is 0. The summed E-state index contributed by atoms with van der Waals surface area (Å²) >= 11 is 0. The molecule has 1 aromatic carbocycles. The maximum atomic E-state index is 12.1. The maximum Gasteiger partial charge on any atom is 0.254 e. The van der Waals surface area contributed by atoms with Gasteiger partial charge < -0.3 is 14.1 Å². The van der Waals surface area contributed by atoms with Gasteiger partial charge in [0.2, 0.25) is 0 Å². The first-order chi connectivity index (χ1) is 9.81. The van der Waals surface area contributed by atoms with E-state index in [1.54, 1.807) is 0 Å². The molecule has 0 radical (unpaired) electrons. The van der Waals surface area contributed by atoms with Gasteiger partial charge in [-0.1, -0.05) is 12.1 Å². The van der Waals surface area contributed by atoms with Gasteiger partial charge in [0, 0.05) is 13.1 Å². The van der Waals surface area contributed by atoms with E-state index in [4.69, 9.17) is 9.15 Å². The normalized spacial score (nSPS) is 25.9. The number of likely N-dealkylation sites (tertiary alicyclic amines) is 1. The van der Waals surface area contributed by atoms with Crippen LogP contribution in [0.5, 0.6) is 0 Å². The van der Waals surface area contributed by atoms with Gasteiger partial charge >= 0.3 is 0 Å². The fraction of sp³-hybridized carbons (Fsp3) is 0.467. The van der Waals surface area contributed by atoms with E-state index in [1.165, 1.54) is 0 Å². The van der Waals surface area contributed by atoms with Gasteiger partial charge in [-0.25, -0.2) is 4.98 Å². The van der Waals surface area contributed by atoms with E-state index in [0.29, 0.717) is 13.2 Å². The fourth-order valence-corrected chi connectivity index (χ4v) is 2.84. The van der Waals surface area contributed by atoms with Crippen LogP contribution in [0.2, 0.25) is 0 Å². The number of rotatable bonds is 2. The second-order valence-electron chi connectivity index (χ2n) is 5.47. The third kappa shape index (κ3) is 2.08. The Morgan fingerprint density at radius 2 is 2.20 bits per heavy atom. The monoisotopic (exact) mass is 272 g/mol. The molecule has 0 spiro atoms. The van der Waals surface area contributed by atoms with Gasteiger partial charge in [-0.05, 0) is 25.0 Å². The molecular weight excluding hydrogens is 256 g/mol. The van der Waals surface area contributed by atoms with E-state index in [1.807, 2.05) is 29.2 Å². The van der Waals surface area contributed by atoms with E-state index >= 15 is 0 Å². The average Bonchev–Trinajstić information content (AvgIpc) is 3.25. The first-order valence-electron chi connectivity index (χ1n) is 7.07. The molecule has 4 rings (SSSR count). The number of epoxide rings is 1. The average molecular weight is 272 g/mol. The molecule has 2 aliphatic rings. The van der Waals surface area contributed by atoms with E-state index in [0.717, 1.165) is 36.4 Å². The van der Waals surface area contributed by atoms with Crippen LogP contribution in [0.1, 0.15) is 24.7 Å². The van der Waals surface area contributed by atoms with Crippen molar-refractivity contribution in [1.29, 1.82) is 0 Å². The first kappa shape index (κ1) is 11.9. The predicted molar refractivity (Wildman–Crippen MR) is 72.3 cm³/mol. The van der Waals surface area contributed by atoms with Crippen LogP contribution < -0.4 is 0 Å². The van der Waals surface area contributed by atoms with Gasteiger partial charge in [0.05, 0.1) is 12.5 Å². The summed E-state index contributed by atoms with van der Waals surface area (Å²) in [6.07, 6.45) is 1.81. The largest absolute Gasteiger partial charge is 0.440 e. The van der Waals surface area contributed by atoms with Crippen LogP contribution in [-0.2, 0) is 9.53 Å². The lowest BCUT2D eigenvalue weighted by Gasteiger charge is -2.30. The molecule has 5 nitrogen and oxygen atoms in total. The Balaban J connectivity index is 1.56. The first-order valence-corrected chi connectivity index (χ1v) is 7.07. The topological polar surface area (TPSA) is 58.9 Å². The summed E-state index contributed by atoms with van der Waals surface area (Å²) in [5.74, 6) is 1.06. The number of hydrogen-bond acceptors (Lipinski definition) is 4. The number of oxazole rings is 1. The predicted octanol–water partition coefficient (Wildman–Crippen LogP) is 1.93. The molecule has 2 aliphatic heterocycles. The van der Waals surface area contributed by atoms with E-state index in [2.05, 4.69) is 4.98 Å². The third-order valence-corrected chi connectivity index (χ3v) is 4.00. The van der Waals surface area contributed by atoms with Crippen molar-refractivity contribution in [3.63, 3.8) is 0 Å². The molecule has 0 bridgehead atoms. The van der Waals surface area contributed by atoms with Gasteiger partial charge in [-0.2, -0.15) is 0 Å². The molecule has 1 aromatic heterocycles. The van der Waals surface area contributed by atoms with E-state index in [9.17, 15) is 4.79 Å². The molecule has 20 heavy (non-hydrogen) atoms. The Labute approximate surface area is 116 Å². The molecule has 0 aliphatic carbocycles. The zero-order chi connectivity index (χ0) is 13.5. The van der Waals surface area contributed by atoms with Crippen molar-refractivity contribution in [2.75, 3.05) is 19.7 Å². The number of aromatic nitrogens is 1. The van der Waals surface area contributed by atoms with Gasteiger partial charge in [0.25, 0.3) is 5.91 Å². The molecule has 2 aromatic rings. The highest BCUT2D eigenvalue weighted by atomic mass is 16.6. The minimum Gasteiger partial charge on any atom is -0.440 e. The van der Waals surface area contributed by atoms with Gasteiger partial charge in [-0.15, -0.1) is 0 Å². The van der Waals surface area contributed by atoms with Gasteiger partial charge in [0.1, 0.15) is 5.52 Å².